The van der Waals surface area contributed by atoms with Crippen molar-refractivity contribution in [2.24, 2.45) is 11.8 Å². The van der Waals surface area contributed by atoms with E-state index in [-0.39, 0.29) is 36.0 Å². The molecule has 1 unspecified atom stereocenters. The summed E-state index contributed by atoms with van der Waals surface area (Å²) in [5.74, 6) is -0.419. The Bertz CT molecular complexity index is 686. The Kier molecular flexibility index (Phi) is 5.27. The van der Waals surface area contributed by atoms with E-state index < -0.39 is 0 Å². The number of nitrogens with one attached hydrogen (secondary N) is 1. The van der Waals surface area contributed by atoms with Crippen LogP contribution in [-0.4, -0.2) is 49.3 Å². The zero-order valence-corrected chi connectivity index (χ0v) is 15.0. The SMILES string of the molecule is CNC(=O)C1CCN(C(=O)C2CC(=O)N(c3ccccc3Cl)C2)CC1. The van der Waals surface area contributed by atoms with Gasteiger partial charge in [0.1, 0.15) is 0 Å². The van der Waals surface area contributed by atoms with Crippen LogP contribution in [0.5, 0.6) is 0 Å². The number of piperidine rings is 1. The lowest BCUT2D eigenvalue weighted by molar-refractivity contribution is -0.139. The van der Waals surface area contributed by atoms with Crippen molar-refractivity contribution in [3.63, 3.8) is 0 Å². The maximum Gasteiger partial charge on any atom is 0.228 e. The molecular formula is C18H22ClN3O3. The summed E-state index contributed by atoms with van der Waals surface area (Å²) in [5, 5.41) is 3.17. The normalized spacial score (nSPS) is 21.5. The summed E-state index contributed by atoms with van der Waals surface area (Å²) in [6.45, 7) is 1.48. The number of likely N-dealkylation sites (tertiary alicyclic amines) is 1. The molecule has 134 valence electrons. The van der Waals surface area contributed by atoms with Gasteiger partial charge in [-0.1, -0.05) is 23.7 Å². The summed E-state index contributed by atoms with van der Waals surface area (Å²) < 4.78 is 0. The standard InChI is InChI=1S/C18H22ClN3O3/c1-20-17(24)12-6-8-21(9-7-12)18(25)13-10-16(23)22(11-13)15-5-3-2-4-14(15)19/h2-5,12-13H,6-11H2,1H3,(H,20,24). The van der Waals surface area contributed by atoms with Gasteiger partial charge in [0.25, 0.3) is 0 Å². The highest BCUT2D eigenvalue weighted by molar-refractivity contribution is 6.33. The van der Waals surface area contributed by atoms with Crippen LogP contribution in [0.25, 0.3) is 0 Å². The van der Waals surface area contributed by atoms with E-state index in [1.54, 1.807) is 29.0 Å². The number of anilines is 1. The van der Waals surface area contributed by atoms with Crippen molar-refractivity contribution in [2.75, 3.05) is 31.6 Å². The Morgan fingerprint density at radius 2 is 1.84 bits per heavy atom. The maximum absolute atomic E-state index is 12.8. The Morgan fingerprint density at radius 1 is 1.16 bits per heavy atom. The molecule has 0 bridgehead atoms. The third kappa shape index (κ3) is 3.63. The first kappa shape index (κ1) is 17.7. The monoisotopic (exact) mass is 363 g/mol. The van der Waals surface area contributed by atoms with Crippen molar-refractivity contribution in [3.05, 3.63) is 29.3 Å². The highest BCUT2D eigenvalue weighted by atomic mass is 35.5. The van der Waals surface area contributed by atoms with E-state index in [0.29, 0.717) is 43.2 Å². The molecule has 0 aliphatic carbocycles. The van der Waals surface area contributed by atoms with Crippen LogP contribution in [0.2, 0.25) is 5.02 Å². The number of para-hydroxylation sites is 1. The quantitative estimate of drug-likeness (QED) is 0.888. The predicted molar refractivity (Wildman–Crippen MR) is 95.3 cm³/mol. The summed E-state index contributed by atoms with van der Waals surface area (Å²) >= 11 is 6.18. The van der Waals surface area contributed by atoms with Crippen molar-refractivity contribution < 1.29 is 14.4 Å². The fraction of sp³-hybridized carbons (Fsp3) is 0.500. The first-order valence-electron chi connectivity index (χ1n) is 8.56. The number of benzene rings is 1. The fourth-order valence-electron chi connectivity index (χ4n) is 3.60. The molecule has 0 radical (unpaired) electrons. The second-order valence-corrected chi connectivity index (χ2v) is 6.98. The molecule has 3 amide bonds. The van der Waals surface area contributed by atoms with E-state index in [9.17, 15) is 14.4 Å². The van der Waals surface area contributed by atoms with Crippen LogP contribution >= 0.6 is 11.6 Å². The van der Waals surface area contributed by atoms with Gasteiger partial charge in [0.2, 0.25) is 17.7 Å². The van der Waals surface area contributed by atoms with Gasteiger partial charge in [-0.2, -0.15) is 0 Å². The molecule has 7 heteroatoms. The molecule has 1 atom stereocenters. The minimum absolute atomic E-state index is 0.00161. The topological polar surface area (TPSA) is 69.7 Å². The number of hydrogen-bond acceptors (Lipinski definition) is 3. The summed E-state index contributed by atoms with van der Waals surface area (Å²) in [6.07, 6.45) is 1.54. The number of hydrogen-bond donors (Lipinski definition) is 1. The van der Waals surface area contributed by atoms with E-state index in [1.165, 1.54) is 0 Å². The van der Waals surface area contributed by atoms with Gasteiger partial charge < -0.3 is 15.1 Å². The predicted octanol–water partition coefficient (Wildman–Crippen LogP) is 1.68. The first-order valence-corrected chi connectivity index (χ1v) is 8.94. The van der Waals surface area contributed by atoms with Crippen molar-refractivity contribution in [2.45, 2.75) is 19.3 Å². The molecule has 0 saturated carbocycles. The number of carbonyl (C=O) groups excluding carboxylic acids is 3. The second-order valence-electron chi connectivity index (χ2n) is 6.57. The molecule has 25 heavy (non-hydrogen) atoms. The van der Waals surface area contributed by atoms with E-state index in [0.717, 1.165) is 0 Å². The molecule has 2 aliphatic rings. The third-order valence-corrected chi connectivity index (χ3v) is 5.36. The van der Waals surface area contributed by atoms with E-state index in [4.69, 9.17) is 11.6 Å². The molecule has 0 spiro atoms. The molecule has 2 saturated heterocycles. The molecular weight excluding hydrogens is 342 g/mol. The largest absolute Gasteiger partial charge is 0.359 e. The van der Waals surface area contributed by atoms with Crippen molar-refractivity contribution in [1.82, 2.24) is 10.2 Å². The lowest BCUT2D eigenvalue weighted by atomic mass is 9.94. The summed E-state index contributed by atoms with van der Waals surface area (Å²) in [7, 11) is 1.63. The van der Waals surface area contributed by atoms with E-state index in [2.05, 4.69) is 5.32 Å². The smallest absolute Gasteiger partial charge is 0.228 e. The molecule has 1 N–H and O–H groups in total. The number of carbonyl (C=O) groups is 3. The molecule has 2 aliphatic heterocycles. The van der Waals surface area contributed by atoms with Gasteiger partial charge in [-0.3, -0.25) is 14.4 Å². The summed E-state index contributed by atoms with van der Waals surface area (Å²) in [4.78, 5) is 40.2. The molecule has 6 nitrogen and oxygen atoms in total. The van der Waals surface area contributed by atoms with Gasteiger partial charge in [-0.05, 0) is 25.0 Å². The van der Waals surface area contributed by atoms with Gasteiger partial charge in [0, 0.05) is 39.0 Å². The highest BCUT2D eigenvalue weighted by Gasteiger charge is 2.39. The Hall–Kier alpha value is -2.08. The van der Waals surface area contributed by atoms with Crippen molar-refractivity contribution in [3.8, 4) is 0 Å². The minimum atomic E-state index is -0.347. The van der Waals surface area contributed by atoms with Crippen LogP contribution in [0.3, 0.4) is 0 Å². The molecule has 0 aromatic heterocycles. The van der Waals surface area contributed by atoms with Crippen LogP contribution < -0.4 is 10.2 Å². The number of amides is 3. The molecule has 2 heterocycles. The number of nitrogens with zero attached hydrogens (tertiary/aromatic N) is 2. The van der Waals surface area contributed by atoms with Crippen LogP contribution in [0.15, 0.2) is 24.3 Å². The number of rotatable bonds is 3. The zero-order chi connectivity index (χ0) is 18.0. The number of halogens is 1. The Labute approximate surface area is 152 Å². The van der Waals surface area contributed by atoms with Crippen LogP contribution in [-0.2, 0) is 14.4 Å². The fourth-order valence-corrected chi connectivity index (χ4v) is 3.84. The van der Waals surface area contributed by atoms with Crippen molar-refractivity contribution in [1.29, 1.82) is 0 Å². The van der Waals surface area contributed by atoms with Crippen LogP contribution in [0, 0.1) is 11.8 Å². The van der Waals surface area contributed by atoms with Gasteiger partial charge in [-0.15, -0.1) is 0 Å². The highest BCUT2D eigenvalue weighted by Crippen LogP contribution is 2.32. The van der Waals surface area contributed by atoms with Gasteiger partial charge in [0.15, 0.2) is 0 Å². The van der Waals surface area contributed by atoms with Crippen molar-refractivity contribution >= 4 is 35.0 Å². The first-order chi connectivity index (χ1) is 12.0. The second kappa shape index (κ2) is 7.44. The molecule has 3 rings (SSSR count). The summed E-state index contributed by atoms with van der Waals surface area (Å²) in [6, 6.07) is 7.17. The zero-order valence-electron chi connectivity index (χ0n) is 14.2. The van der Waals surface area contributed by atoms with Crippen LogP contribution in [0.4, 0.5) is 5.69 Å². The van der Waals surface area contributed by atoms with E-state index >= 15 is 0 Å². The average Bonchev–Trinajstić information content (AvgIpc) is 3.02. The lowest BCUT2D eigenvalue weighted by Gasteiger charge is -2.32. The molecule has 1 aromatic rings. The Morgan fingerprint density at radius 3 is 2.48 bits per heavy atom. The van der Waals surface area contributed by atoms with Gasteiger partial charge in [0.05, 0.1) is 16.6 Å². The Balaban J connectivity index is 1.62. The third-order valence-electron chi connectivity index (χ3n) is 5.04. The van der Waals surface area contributed by atoms with Crippen LogP contribution in [0.1, 0.15) is 19.3 Å². The van der Waals surface area contributed by atoms with E-state index in [1.807, 2.05) is 12.1 Å². The maximum atomic E-state index is 12.8. The lowest BCUT2D eigenvalue weighted by Crippen LogP contribution is -2.45. The average molecular weight is 364 g/mol. The molecule has 2 fully saturated rings. The van der Waals surface area contributed by atoms with Gasteiger partial charge >= 0.3 is 0 Å². The molecule has 1 aromatic carbocycles. The van der Waals surface area contributed by atoms with Gasteiger partial charge in [-0.25, -0.2) is 0 Å². The minimum Gasteiger partial charge on any atom is -0.359 e. The summed E-state index contributed by atoms with van der Waals surface area (Å²) in [5.41, 5.74) is 0.655.